The quantitative estimate of drug-likeness (QED) is 0.0646. The molecule has 22 nitrogen and oxygen atoms in total. The molecule has 3 heterocycles. The monoisotopic (exact) mass is 923 g/mol. The van der Waals surface area contributed by atoms with E-state index in [0.717, 1.165) is 38.1 Å². The Bertz CT molecular complexity index is 2280. The van der Waals surface area contributed by atoms with Crippen LogP contribution in [-0.4, -0.2) is 135 Å². The molecule has 24 heteroatoms. The number of hydrogen-bond donors (Lipinski definition) is 11. The maximum atomic E-state index is 14.0. The number of carboxylic acids is 1. The van der Waals surface area contributed by atoms with Gasteiger partial charge in [-0.2, -0.15) is 0 Å². The van der Waals surface area contributed by atoms with E-state index in [1.807, 2.05) is 24.3 Å². The number of para-hydroxylation sites is 1. The Balaban J connectivity index is 1.32. The molecule has 0 saturated carbocycles. The van der Waals surface area contributed by atoms with E-state index in [2.05, 4.69) is 36.9 Å². The van der Waals surface area contributed by atoms with Crippen molar-refractivity contribution in [2.24, 2.45) is 11.5 Å². The molecule has 0 bridgehead atoms. The Labute approximate surface area is 373 Å². The lowest BCUT2D eigenvalue weighted by Crippen LogP contribution is -2.58. The number of aromatic nitrogens is 1. The zero-order valence-electron chi connectivity index (χ0n) is 34.5. The van der Waals surface area contributed by atoms with Crippen LogP contribution in [-0.2, 0) is 54.5 Å². The van der Waals surface area contributed by atoms with Gasteiger partial charge in [0, 0.05) is 64.8 Å². The van der Waals surface area contributed by atoms with Crippen molar-refractivity contribution < 1.29 is 53.0 Å². The van der Waals surface area contributed by atoms with Crippen molar-refractivity contribution in [3.05, 3.63) is 65.9 Å². The van der Waals surface area contributed by atoms with Crippen LogP contribution in [0.25, 0.3) is 10.9 Å². The van der Waals surface area contributed by atoms with Crippen molar-refractivity contribution in [2.75, 3.05) is 29.9 Å². The summed E-state index contributed by atoms with van der Waals surface area (Å²) < 4.78 is 6.19. The second-order valence-electron chi connectivity index (χ2n) is 14.9. The highest BCUT2D eigenvalue weighted by Crippen LogP contribution is 2.27. The molecule has 5 rings (SSSR count). The molecular weight excluding hydrogens is 875 g/mol. The number of anilines is 1. The molecule has 0 radical (unpaired) electrons. The fourth-order valence-electron chi connectivity index (χ4n) is 6.79. The first-order valence-corrected chi connectivity index (χ1v) is 22.4. The maximum absolute atomic E-state index is 14.0. The number of carbonyl (C=O) groups excluding carboxylic acids is 8. The van der Waals surface area contributed by atoms with Crippen molar-refractivity contribution >= 4 is 97.2 Å². The van der Waals surface area contributed by atoms with Crippen LogP contribution in [0.2, 0.25) is 0 Å². The third-order valence-electron chi connectivity index (χ3n) is 10.1. The minimum atomic E-state index is -1.74. The van der Waals surface area contributed by atoms with E-state index in [0.29, 0.717) is 11.3 Å². The SMILES string of the molecule is C[C@@H]1NC(=O)[C@H](CC(=O)O)NC(=O)CNC(=O)[C@H](CC(=O)Nc2ccc(C(=N)N)cc2)NC(=O)CCSSCC(C(N)=O)NC(=O)C2CC(OCc3c[nH]c4ccccc34)CN2C1=O. The molecule has 13 N–H and O–H groups in total. The largest absolute Gasteiger partial charge is 0.481 e. The molecule has 2 aromatic carbocycles. The first kappa shape index (κ1) is 48.4. The number of carbonyl (C=O) groups is 9. The number of benzene rings is 2. The number of amidine groups is 1. The predicted octanol–water partition coefficient (Wildman–Crippen LogP) is -1.21. The third-order valence-corrected chi connectivity index (χ3v) is 12.5. The average molecular weight is 924 g/mol. The van der Waals surface area contributed by atoms with E-state index in [1.165, 1.54) is 36.1 Å². The number of H-pyrrole nitrogens is 1. The molecule has 3 unspecified atom stereocenters. The summed E-state index contributed by atoms with van der Waals surface area (Å²) in [6, 6.07) is 6.46. The Hall–Kier alpha value is -6.66. The van der Waals surface area contributed by atoms with E-state index in [9.17, 15) is 48.3 Å². The molecule has 3 aromatic rings. The molecule has 64 heavy (non-hydrogen) atoms. The molecule has 8 amide bonds. The minimum Gasteiger partial charge on any atom is -0.481 e. The number of amides is 8. The van der Waals surface area contributed by atoms with Crippen molar-refractivity contribution in [3.63, 3.8) is 0 Å². The van der Waals surface area contributed by atoms with Crippen LogP contribution in [0.3, 0.4) is 0 Å². The number of fused-ring (bicyclic) bond motifs is 2. The fraction of sp³-hybridized carbons (Fsp3) is 0.400. The van der Waals surface area contributed by atoms with Crippen molar-refractivity contribution in [1.82, 2.24) is 36.5 Å². The summed E-state index contributed by atoms with van der Waals surface area (Å²) in [7, 11) is 2.28. The molecular formula is C40H49N11O11S2. The topological polar surface area (TPSA) is 350 Å². The van der Waals surface area contributed by atoms with Crippen LogP contribution >= 0.6 is 21.6 Å². The Morgan fingerprint density at radius 2 is 1.59 bits per heavy atom. The molecule has 2 saturated heterocycles. The third kappa shape index (κ3) is 13.7. The molecule has 0 spiro atoms. The number of aliphatic carboxylic acids is 1. The van der Waals surface area contributed by atoms with E-state index in [-0.39, 0.29) is 43.3 Å². The van der Waals surface area contributed by atoms with Gasteiger partial charge in [0.25, 0.3) is 0 Å². The number of rotatable bonds is 10. The van der Waals surface area contributed by atoms with Crippen LogP contribution in [0, 0.1) is 5.41 Å². The molecule has 2 aliphatic rings. The summed E-state index contributed by atoms with van der Waals surface area (Å²) in [5, 5.41) is 32.6. The van der Waals surface area contributed by atoms with Crippen molar-refractivity contribution in [3.8, 4) is 0 Å². The second-order valence-corrected chi connectivity index (χ2v) is 17.5. The van der Waals surface area contributed by atoms with Gasteiger partial charge in [0.15, 0.2) is 0 Å². The highest BCUT2D eigenvalue weighted by atomic mass is 33.1. The number of aromatic amines is 1. The number of nitrogen functional groups attached to an aromatic ring is 1. The smallest absolute Gasteiger partial charge is 0.305 e. The van der Waals surface area contributed by atoms with Gasteiger partial charge in [0.1, 0.15) is 36.0 Å². The van der Waals surface area contributed by atoms with E-state index in [1.54, 1.807) is 6.20 Å². The molecule has 0 aliphatic carbocycles. The zero-order valence-corrected chi connectivity index (χ0v) is 36.1. The van der Waals surface area contributed by atoms with Crippen LogP contribution < -0.4 is 43.4 Å². The zero-order chi connectivity index (χ0) is 46.5. The van der Waals surface area contributed by atoms with Crippen molar-refractivity contribution in [2.45, 2.75) is 75.5 Å². The lowest BCUT2D eigenvalue weighted by Gasteiger charge is -2.28. The number of nitrogens with one attached hydrogen (secondary N) is 8. The Morgan fingerprint density at radius 1 is 0.891 bits per heavy atom. The van der Waals surface area contributed by atoms with Gasteiger partial charge in [-0.15, -0.1) is 0 Å². The maximum Gasteiger partial charge on any atom is 0.305 e. The van der Waals surface area contributed by atoms with E-state index >= 15 is 0 Å². The molecule has 342 valence electrons. The summed E-state index contributed by atoms with van der Waals surface area (Å²) in [6.07, 6.45) is -0.583. The summed E-state index contributed by atoms with van der Waals surface area (Å²) >= 11 is 0. The average Bonchev–Trinajstić information content (AvgIpc) is 3.87. The number of nitrogens with two attached hydrogens (primary N) is 2. The fourth-order valence-corrected chi connectivity index (χ4v) is 8.96. The lowest BCUT2D eigenvalue weighted by molar-refractivity contribution is -0.143. The molecule has 6 atom stereocenters. The van der Waals surface area contributed by atoms with Gasteiger partial charge < -0.3 is 63.1 Å². The van der Waals surface area contributed by atoms with Gasteiger partial charge in [0.2, 0.25) is 47.3 Å². The van der Waals surface area contributed by atoms with Crippen LogP contribution in [0.5, 0.6) is 0 Å². The Kier molecular flexibility index (Phi) is 17.1. The second kappa shape index (κ2) is 22.6. The summed E-state index contributed by atoms with van der Waals surface area (Å²) in [4.78, 5) is 123. The van der Waals surface area contributed by atoms with Gasteiger partial charge in [-0.25, -0.2) is 0 Å². The first-order chi connectivity index (χ1) is 30.5. The molecule has 1 aromatic heterocycles. The number of carboxylic acid groups (broad SMARTS) is 1. The molecule has 2 fully saturated rings. The summed E-state index contributed by atoms with van der Waals surface area (Å²) in [5.74, 6) is -8.35. The number of hydrogen-bond acceptors (Lipinski definition) is 13. The normalized spacial score (nSPS) is 23.4. The van der Waals surface area contributed by atoms with Crippen molar-refractivity contribution in [1.29, 1.82) is 5.41 Å². The van der Waals surface area contributed by atoms with Gasteiger partial charge in [-0.1, -0.05) is 39.8 Å². The summed E-state index contributed by atoms with van der Waals surface area (Å²) in [6.45, 7) is 0.524. The highest BCUT2D eigenvalue weighted by molar-refractivity contribution is 8.76. The minimum absolute atomic E-state index is 0.00334. The van der Waals surface area contributed by atoms with Gasteiger partial charge in [-0.3, -0.25) is 48.6 Å². The Morgan fingerprint density at radius 3 is 2.30 bits per heavy atom. The number of primary amides is 1. The lowest BCUT2D eigenvalue weighted by atomic mass is 10.1. The van der Waals surface area contributed by atoms with Gasteiger partial charge in [-0.05, 0) is 37.3 Å². The van der Waals surface area contributed by atoms with Crippen LogP contribution in [0.1, 0.15) is 43.7 Å². The van der Waals surface area contributed by atoms with Gasteiger partial charge in [0.05, 0.1) is 32.1 Å². The molecule has 2 aliphatic heterocycles. The highest BCUT2D eigenvalue weighted by Gasteiger charge is 2.43. The number of nitrogens with zero attached hydrogens (tertiary/aromatic N) is 1. The number of ether oxygens (including phenoxy) is 1. The van der Waals surface area contributed by atoms with E-state index < -0.39 is 109 Å². The standard InChI is InChI=1S/C40H49N11O11S2/c1-20-40(61)51-17-24(62-18-22-15-44-26-5-3-2-4-25(22)26)12-30(51)39(60)50-29(36(43)57)19-64-63-11-10-31(52)48-27(13-32(53)47-23-8-6-21(7-9-23)35(41)42)37(58)45-16-33(54)49-28(14-34(55)56)38(59)46-20/h2-9,15,20,24,27-30,44H,10-14,16-19H2,1H3,(H3,41,42)(H2,43,57)(H,45,58)(H,46,59)(H,47,53)(H,48,52)(H,49,54)(H,50,60)(H,55,56)/t20-,24?,27-,28-,29?,30?/m0/s1. The van der Waals surface area contributed by atoms with E-state index in [4.69, 9.17) is 21.6 Å². The first-order valence-electron chi connectivity index (χ1n) is 19.9. The predicted molar refractivity (Wildman–Crippen MR) is 235 cm³/mol. The summed E-state index contributed by atoms with van der Waals surface area (Å²) in [5.41, 5.74) is 13.5. The van der Waals surface area contributed by atoms with Crippen LogP contribution in [0.4, 0.5) is 5.69 Å². The van der Waals surface area contributed by atoms with Gasteiger partial charge >= 0.3 is 5.97 Å². The van der Waals surface area contributed by atoms with Crippen LogP contribution in [0.15, 0.2) is 54.7 Å².